The average Bonchev–Trinajstić information content (AvgIpc) is 2.55. The number of carbonyl (C=O) groups is 2. The third kappa shape index (κ3) is 3.81. The van der Waals surface area contributed by atoms with Gasteiger partial charge in [0.1, 0.15) is 0 Å². The lowest BCUT2D eigenvalue weighted by atomic mass is 10.1. The molecule has 0 spiro atoms. The van der Waals surface area contributed by atoms with E-state index in [1.807, 2.05) is 12.3 Å². The maximum absolute atomic E-state index is 12.3. The van der Waals surface area contributed by atoms with Crippen LogP contribution in [-0.4, -0.2) is 25.1 Å². The van der Waals surface area contributed by atoms with Gasteiger partial charge in [-0.1, -0.05) is 11.6 Å². The van der Waals surface area contributed by atoms with Gasteiger partial charge in [-0.15, -0.1) is 11.8 Å². The zero-order valence-electron chi connectivity index (χ0n) is 12.1. The topological polar surface area (TPSA) is 58.2 Å². The molecule has 0 saturated carbocycles. The van der Waals surface area contributed by atoms with Crippen molar-refractivity contribution in [2.24, 2.45) is 0 Å². The molecule has 2 amide bonds. The summed E-state index contributed by atoms with van der Waals surface area (Å²) >= 11 is 7.62. The fraction of sp³-hybridized carbons (Fsp3) is 0.125. The zero-order valence-corrected chi connectivity index (χ0v) is 13.7. The summed E-state index contributed by atoms with van der Waals surface area (Å²) in [5.41, 5.74) is 1.55. The molecule has 0 aromatic heterocycles. The Labute approximate surface area is 138 Å². The summed E-state index contributed by atoms with van der Waals surface area (Å²) in [4.78, 5) is 24.7. The number of benzene rings is 2. The van der Waals surface area contributed by atoms with Gasteiger partial charge >= 0.3 is 0 Å². The van der Waals surface area contributed by atoms with E-state index in [9.17, 15) is 9.59 Å². The van der Waals surface area contributed by atoms with E-state index in [2.05, 4.69) is 10.6 Å². The lowest BCUT2D eigenvalue weighted by Gasteiger charge is -2.09. The minimum Gasteiger partial charge on any atom is -0.355 e. The van der Waals surface area contributed by atoms with Gasteiger partial charge in [0.05, 0.1) is 10.6 Å². The molecule has 0 aliphatic heterocycles. The molecule has 2 rings (SSSR count). The number of rotatable bonds is 4. The molecule has 0 bridgehead atoms. The normalized spacial score (nSPS) is 10.1. The third-order valence-electron chi connectivity index (χ3n) is 3.05. The molecule has 0 saturated heterocycles. The van der Waals surface area contributed by atoms with Crippen molar-refractivity contribution in [1.29, 1.82) is 0 Å². The van der Waals surface area contributed by atoms with Gasteiger partial charge in [-0.2, -0.15) is 0 Å². The maximum Gasteiger partial charge on any atom is 0.257 e. The van der Waals surface area contributed by atoms with Gasteiger partial charge in [0.15, 0.2) is 0 Å². The van der Waals surface area contributed by atoms with Crippen molar-refractivity contribution in [3.63, 3.8) is 0 Å². The lowest BCUT2D eigenvalue weighted by molar-refractivity contribution is 0.0962. The van der Waals surface area contributed by atoms with Crippen LogP contribution in [0.5, 0.6) is 0 Å². The molecule has 0 unspecified atom stereocenters. The molecule has 0 atom stereocenters. The summed E-state index contributed by atoms with van der Waals surface area (Å²) in [7, 11) is 1.57. The van der Waals surface area contributed by atoms with Gasteiger partial charge in [-0.05, 0) is 48.7 Å². The summed E-state index contributed by atoms with van der Waals surface area (Å²) in [5, 5.41) is 5.71. The van der Waals surface area contributed by atoms with Gasteiger partial charge in [-0.25, -0.2) is 0 Å². The van der Waals surface area contributed by atoms with E-state index in [1.54, 1.807) is 43.4 Å². The molecular formula is C16H15ClN2O2S. The quantitative estimate of drug-likeness (QED) is 0.839. The minimum absolute atomic E-state index is 0.173. The van der Waals surface area contributed by atoms with E-state index in [0.29, 0.717) is 21.8 Å². The molecule has 0 radical (unpaired) electrons. The first-order valence-corrected chi connectivity index (χ1v) is 8.12. The van der Waals surface area contributed by atoms with Crippen LogP contribution in [0.15, 0.2) is 47.4 Å². The van der Waals surface area contributed by atoms with E-state index in [-0.39, 0.29) is 11.8 Å². The van der Waals surface area contributed by atoms with Crippen LogP contribution in [0.1, 0.15) is 20.7 Å². The van der Waals surface area contributed by atoms with Crippen LogP contribution in [0, 0.1) is 0 Å². The van der Waals surface area contributed by atoms with Crippen LogP contribution in [-0.2, 0) is 0 Å². The standard InChI is InChI=1S/C16H15ClN2O2S/c1-18-15(20)10-3-5-11(6-4-10)19-16(21)13-9-12(22-2)7-8-14(13)17/h3-9H,1-2H3,(H,18,20)(H,19,21). The minimum atomic E-state index is -0.284. The highest BCUT2D eigenvalue weighted by Crippen LogP contribution is 2.24. The predicted molar refractivity (Wildman–Crippen MR) is 91.0 cm³/mol. The molecule has 6 heteroatoms. The highest BCUT2D eigenvalue weighted by Gasteiger charge is 2.12. The number of hydrogen-bond acceptors (Lipinski definition) is 3. The van der Waals surface area contributed by atoms with E-state index >= 15 is 0 Å². The molecule has 0 fully saturated rings. The second kappa shape index (κ2) is 7.33. The van der Waals surface area contributed by atoms with Crippen LogP contribution in [0.4, 0.5) is 5.69 Å². The largest absolute Gasteiger partial charge is 0.355 e. The van der Waals surface area contributed by atoms with Crippen LogP contribution >= 0.6 is 23.4 Å². The molecule has 2 aromatic carbocycles. The summed E-state index contributed by atoms with van der Waals surface area (Å²) < 4.78 is 0. The molecule has 2 aromatic rings. The number of amides is 2. The van der Waals surface area contributed by atoms with E-state index in [4.69, 9.17) is 11.6 Å². The van der Waals surface area contributed by atoms with Crippen LogP contribution in [0.2, 0.25) is 5.02 Å². The number of carbonyl (C=O) groups excluding carboxylic acids is 2. The second-order valence-electron chi connectivity index (χ2n) is 4.46. The zero-order chi connectivity index (χ0) is 16.1. The van der Waals surface area contributed by atoms with E-state index < -0.39 is 0 Å². The van der Waals surface area contributed by atoms with Gasteiger partial charge in [-0.3, -0.25) is 9.59 Å². The second-order valence-corrected chi connectivity index (χ2v) is 5.74. The lowest BCUT2D eigenvalue weighted by Crippen LogP contribution is -2.18. The summed E-state index contributed by atoms with van der Waals surface area (Å²) in [6.45, 7) is 0. The maximum atomic E-state index is 12.3. The van der Waals surface area contributed by atoms with Crippen molar-refractivity contribution in [2.75, 3.05) is 18.6 Å². The van der Waals surface area contributed by atoms with Crippen molar-refractivity contribution in [3.05, 3.63) is 58.6 Å². The Morgan fingerprint density at radius 1 is 1.05 bits per heavy atom. The third-order valence-corrected chi connectivity index (χ3v) is 4.11. The number of hydrogen-bond donors (Lipinski definition) is 2. The Morgan fingerprint density at radius 2 is 1.73 bits per heavy atom. The summed E-state index contributed by atoms with van der Waals surface area (Å²) in [6.07, 6.45) is 1.93. The predicted octanol–water partition coefficient (Wildman–Crippen LogP) is 3.67. The Bertz CT molecular complexity index is 702. The Hall–Kier alpha value is -1.98. The van der Waals surface area contributed by atoms with Gasteiger partial charge < -0.3 is 10.6 Å². The highest BCUT2D eigenvalue weighted by atomic mass is 35.5. The summed E-state index contributed by atoms with van der Waals surface area (Å²) in [5.74, 6) is -0.456. The number of nitrogens with one attached hydrogen (secondary N) is 2. The molecule has 2 N–H and O–H groups in total. The molecule has 0 heterocycles. The molecule has 0 aliphatic rings. The summed E-state index contributed by atoms with van der Waals surface area (Å²) in [6, 6.07) is 12.0. The van der Waals surface area contributed by atoms with Gasteiger partial charge in [0, 0.05) is 23.2 Å². The Balaban J connectivity index is 2.17. The van der Waals surface area contributed by atoms with Crippen molar-refractivity contribution in [2.45, 2.75) is 4.90 Å². The van der Waals surface area contributed by atoms with Crippen LogP contribution in [0.25, 0.3) is 0 Å². The smallest absolute Gasteiger partial charge is 0.257 e. The molecule has 22 heavy (non-hydrogen) atoms. The Kier molecular flexibility index (Phi) is 5.46. The first-order valence-electron chi connectivity index (χ1n) is 6.52. The molecule has 0 aliphatic carbocycles. The van der Waals surface area contributed by atoms with Crippen molar-refractivity contribution in [3.8, 4) is 0 Å². The fourth-order valence-electron chi connectivity index (χ4n) is 1.85. The Morgan fingerprint density at radius 3 is 2.32 bits per heavy atom. The molecule has 114 valence electrons. The average molecular weight is 335 g/mol. The van der Waals surface area contributed by atoms with Crippen molar-refractivity contribution < 1.29 is 9.59 Å². The van der Waals surface area contributed by atoms with Gasteiger partial charge in [0.25, 0.3) is 11.8 Å². The van der Waals surface area contributed by atoms with Crippen LogP contribution in [0.3, 0.4) is 0 Å². The first-order chi connectivity index (χ1) is 10.5. The fourth-order valence-corrected chi connectivity index (χ4v) is 2.50. The van der Waals surface area contributed by atoms with E-state index in [1.165, 1.54) is 11.8 Å². The number of anilines is 1. The molecular weight excluding hydrogens is 320 g/mol. The monoisotopic (exact) mass is 334 g/mol. The van der Waals surface area contributed by atoms with Crippen LogP contribution < -0.4 is 10.6 Å². The van der Waals surface area contributed by atoms with Crippen molar-refractivity contribution in [1.82, 2.24) is 5.32 Å². The number of thioether (sulfide) groups is 1. The van der Waals surface area contributed by atoms with Crippen molar-refractivity contribution >= 4 is 40.9 Å². The van der Waals surface area contributed by atoms with E-state index in [0.717, 1.165) is 4.90 Å². The molecule has 4 nitrogen and oxygen atoms in total. The number of halogens is 1. The SMILES string of the molecule is CNC(=O)c1ccc(NC(=O)c2cc(SC)ccc2Cl)cc1. The van der Waals surface area contributed by atoms with Gasteiger partial charge in [0.2, 0.25) is 0 Å². The first kappa shape index (κ1) is 16.4. The highest BCUT2D eigenvalue weighted by molar-refractivity contribution is 7.98.